The maximum absolute atomic E-state index is 5.70. The average molecular weight is 216 g/mol. The van der Waals surface area contributed by atoms with Gasteiger partial charge in [0.25, 0.3) is 0 Å². The molecule has 3 rings (SSSR count). The number of fused-ring (bicyclic) bond motifs is 3. The summed E-state index contributed by atoms with van der Waals surface area (Å²) >= 11 is 5.70. The van der Waals surface area contributed by atoms with Crippen LogP contribution in [0.25, 0.3) is 11.1 Å². The monoisotopic (exact) mass is 215 g/mol. The lowest BCUT2D eigenvalue weighted by atomic mass is 10.1. The molecule has 1 aliphatic carbocycles. The minimum atomic E-state index is 0.974. The zero-order valence-corrected chi connectivity index (χ0v) is 8.88. The highest BCUT2D eigenvalue weighted by Gasteiger charge is 2.19. The van der Waals surface area contributed by atoms with Gasteiger partial charge >= 0.3 is 0 Å². The van der Waals surface area contributed by atoms with E-state index in [9.17, 15) is 0 Å². The first-order chi connectivity index (χ1) is 7.40. The average Bonchev–Trinajstić information content (AvgIpc) is 2.67. The Kier molecular flexibility index (Phi) is 1.93. The molecule has 0 atom stereocenters. The molecule has 0 spiro atoms. The number of nitrogens with one attached hydrogen (secondary N) is 1. The van der Waals surface area contributed by atoms with Crippen LogP contribution in [0.1, 0.15) is 11.1 Å². The molecule has 15 heavy (non-hydrogen) atoms. The molecule has 0 amide bonds. The summed E-state index contributed by atoms with van der Waals surface area (Å²) < 4.78 is 0. The van der Waals surface area contributed by atoms with Gasteiger partial charge in [-0.05, 0) is 28.3 Å². The predicted octanol–water partition coefficient (Wildman–Crippen LogP) is 3.82. The van der Waals surface area contributed by atoms with Crippen molar-refractivity contribution in [1.82, 2.24) is 0 Å². The zero-order valence-electron chi connectivity index (χ0n) is 8.13. The van der Waals surface area contributed by atoms with Crippen LogP contribution in [0.4, 0.5) is 5.69 Å². The highest BCUT2D eigenvalue weighted by atomic mass is 35.5. The van der Waals surface area contributed by atoms with Crippen LogP contribution in [0.5, 0.6) is 0 Å². The quantitative estimate of drug-likeness (QED) is 0.609. The van der Waals surface area contributed by atoms with Crippen molar-refractivity contribution in [3.05, 3.63) is 53.6 Å². The number of halogens is 1. The van der Waals surface area contributed by atoms with Gasteiger partial charge in [0, 0.05) is 18.2 Å². The van der Waals surface area contributed by atoms with Crippen molar-refractivity contribution in [2.45, 2.75) is 6.42 Å². The Morgan fingerprint density at radius 1 is 0.933 bits per heavy atom. The van der Waals surface area contributed by atoms with Gasteiger partial charge in [-0.2, -0.15) is 0 Å². The van der Waals surface area contributed by atoms with Gasteiger partial charge in [-0.1, -0.05) is 36.4 Å². The summed E-state index contributed by atoms with van der Waals surface area (Å²) in [6.45, 7) is 0. The maximum atomic E-state index is 5.70. The van der Waals surface area contributed by atoms with E-state index in [0.717, 1.165) is 12.1 Å². The first kappa shape index (κ1) is 8.81. The van der Waals surface area contributed by atoms with Gasteiger partial charge in [-0.15, -0.1) is 0 Å². The zero-order chi connectivity index (χ0) is 10.3. The Morgan fingerprint density at radius 3 is 2.60 bits per heavy atom. The van der Waals surface area contributed by atoms with Crippen molar-refractivity contribution < 1.29 is 0 Å². The molecule has 0 heterocycles. The van der Waals surface area contributed by atoms with Crippen LogP contribution in [-0.4, -0.2) is 0 Å². The smallest absolute Gasteiger partial charge is 0.0533 e. The van der Waals surface area contributed by atoms with Crippen LogP contribution in [-0.2, 0) is 6.42 Å². The standard InChI is InChI=1S/C13H10ClN/c14-15-13-7-3-6-11-10-5-2-1-4-9(10)8-12(11)13/h1-7,15H,8H2. The maximum Gasteiger partial charge on any atom is 0.0533 e. The van der Waals surface area contributed by atoms with E-state index in [0.29, 0.717) is 0 Å². The van der Waals surface area contributed by atoms with Crippen molar-refractivity contribution >= 4 is 17.5 Å². The summed E-state index contributed by atoms with van der Waals surface area (Å²) in [6.07, 6.45) is 0.974. The van der Waals surface area contributed by atoms with Gasteiger partial charge in [0.1, 0.15) is 0 Å². The van der Waals surface area contributed by atoms with Gasteiger partial charge in [0.15, 0.2) is 0 Å². The van der Waals surface area contributed by atoms with Gasteiger partial charge < -0.3 is 0 Å². The molecule has 1 aliphatic rings. The first-order valence-electron chi connectivity index (χ1n) is 4.97. The van der Waals surface area contributed by atoms with Gasteiger partial charge in [-0.25, -0.2) is 0 Å². The third-order valence-electron chi connectivity index (χ3n) is 2.95. The fourth-order valence-electron chi connectivity index (χ4n) is 2.25. The molecule has 0 unspecified atom stereocenters. The second-order valence-corrected chi connectivity index (χ2v) is 3.95. The number of benzene rings is 2. The highest BCUT2D eigenvalue weighted by molar-refractivity contribution is 6.24. The molecule has 0 saturated carbocycles. The van der Waals surface area contributed by atoms with Crippen LogP contribution in [0.2, 0.25) is 0 Å². The summed E-state index contributed by atoms with van der Waals surface area (Å²) in [6, 6.07) is 14.7. The van der Waals surface area contributed by atoms with Crippen molar-refractivity contribution in [2.24, 2.45) is 0 Å². The molecular weight excluding hydrogens is 206 g/mol. The van der Waals surface area contributed by atoms with Crippen molar-refractivity contribution in [3.8, 4) is 11.1 Å². The normalized spacial score (nSPS) is 12.1. The van der Waals surface area contributed by atoms with Crippen LogP contribution < -0.4 is 4.84 Å². The number of hydrogen-bond donors (Lipinski definition) is 1. The molecule has 1 N–H and O–H groups in total. The highest BCUT2D eigenvalue weighted by Crippen LogP contribution is 2.39. The van der Waals surface area contributed by atoms with E-state index in [4.69, 9.17) is 11.8 Å². The Bertz CT molecular complexity index is 520. The van der Waals surface area contributed by atoms with Gasteiger partial charge in [0.2, 0.25) is 0 Å². The van der Waals surface area contributed by atoms with Crippen molar-refractivity contribution in [1.29, 1.82) is 0 Å². The molecule has 0 radical (unpaired) electrons. The minimum Gasteiger partial charge on any atom is -0.298 e. The van der Waals surface area contributed by atoms with E-state index in [-0.39, 0.29) is 0 Å². The largest absolute Gasteiger partial charge is 0.298 e. The van der Waals surface area contributed by atoms with E-state index in [1.165, 1.54) is 22.3 Å². The van der Waals surface area contributed by atoms with Crippen LogP contribution >= 0.6 is 11.8 Å². The molecule has 2 aromatic rings. The minimum absolute atomic E-state index is 0.974. The molecule has 2 aromatic carbocycles. The van der Waals surface area contributed by atoms with E-state index in [2.05, 4.69) is 35.2 Å². The number of rotatable bonds is 1. The number of anilines is 1. The molecule has 0 aliphatic heterocycles. The lowest BCUT2D eigenvalue weighted by Crippen LogP contribution is -1.88. The SMILES string of the molecule is ClNc1cccc2c1Cc1ccccc1-2. The second-order valence-electron chi connectivity index (χ2n) is 3.76. The van der Waals surface area contributed by atoms with Crippen LogP contribution in [0, 0.1) is 0 Å². The summed E-state index contributed by atoms with van der Waals surface area (Å²) in [5, 5.41) is 0. The fourth-order valence-corrected chi connectivity index (χ4v) is 2.42. The van der Waals surface area contributed by atoms with E-state index >= 15 is 0 Å². The van der Waals surface area contributed by atoms with E-state index in [1.54, 1.807) is 0 Å². The van der Waals surface area contributed by atoms with E-state index in [1.807, 2.05) is 12.1 Å². The molecule has 1 nitrogen and oxygen atoms in total. The van der Waals surface area contributed by atoms with E-state index < -0.39 is 0 Å². The topological polar surface area (TPSA) is 12.0 Å². The third-order valence-corrected chi connectivity index (χ3v) is 3.16. The molecule has 0 bridgehead atoms. The Labute approximate surface area is 93.8 Å². The Hall–Kier alpha value is -1.47. The Balaban J connectivity index is 2.26. The Morgan fingerprint density at radius 2 is 1.73 bits per heavy atom. The fraction of sp³-hybridized carbons (Fsp3) is 0.0769. The second kappa shape index (κ2) is 3.28. The molecule has 0 aromatic heterocycles. The molecule has 0 fully saturated rings. The lowest BCUT2D eigenvalue weighted by Gasteiger charge is -2.05. The summed E-state index contributed by atoms with van der Waals surface area (Å²) in [4.78, 5) is 2.73. The summed E-state index contributed by atoms with van der Waals surface area (Å²) in [5.74, 6) is 0. The van der Waals surface area contributed by atoms with Crippen LogP contribution in [0.3, 0.4) is 0 Å². The third kappa shape index (κ3) is 1.24. The van der Waals surface area contributed by atoms with Gasteiger partial charge in [0.05, 0.1) is 5.69 Å². The number of hydrogen-bond acceptors (Lipinski definition) is 1. The predicted molar refractivity (Wildman–Crippen MR) is 64.2 cm³/mol. The lowest BCUT2D eigenvalue weighted by molar-refractivity contribution is 1.27. The summed E-state index contributed by atoms with van der Waals surface area (Å²) in [5.41, 5.74) is 6.34. The summed E-state index contributed by atoms with van der Waals surface area (Å²) in [7, 11) is 0. The molecule has 2 heteroatoms. The first-order valence-corrected chi connectivity index (χ1v) is 5.35. The van der Waals surface area contributed by atoms with Crippen LogP contribution in [0.15, 0.2) is 42.5 Å². The molecule has 74 valence electrons. The van der Waals surface area contributed by atoms with Gasteiger partial charge in [-0.3, -0.25) is 4.84 Å². The van der Waals surface area contributed by atoms with Crippen molar-refractivity contribution in [3.63, 3.8) is 0 Å². The molecular formula is C13H10ClN. The molecule has 0 saturated heterocycles. The van der Waals surface area contributed by atoms with Crippen molar-refractivity contribution in [2.75, 3.05) is 4.84 Å².